The summed E-state index contributed by atoms with van der Waals surface area (Å²) in [6, 6.07) is 17.8. The molecule has 1 aromatic heterocycles. The molecule has 0 unspecified atom stereocenters. The summed E-state index contributed by atoms with van der Waals surface area (Å²) < 4.78 is 8.68. The number of aryl methyl sites for hydroxylation is 1. The van der Waals surface area contributed by atoms with Crippen LogP contribution in [0.5, 0.6) is 0 Å². The first-order chi connectivity index (χ1) is 14.0. The minimum atomic E-state index is -0.282. The second-order valence-electron chi connectivity index (χ2n) is 6.93. The van der Waals surface area contributed by atoms with Crippen molar-refractivity contribution in [2.75, 3.05) is 6.61 Å². The fourth-order valence-electron chi connectivity index (χ4n) is 3.13. The highest BCUT2D eigenvalue weighted by Crippen LogP contribution is 2.22. The first-order valence-electron chi connectivity index (χ1n) is 9.75. The molecule has 4 nitrogen and oxygen atoms in total. The molecule has 150 valence electrons. The van der Waals surface area contributed by atoms with Crippen molar-refractivity contribution >= 4 is 40.5 Å². The number of ether oxygens (including phenoxy) is 1. The molecule has 0 saturated carbocycles. The van der Waals surface area contributed by atoms with E-state index in [0.717, 1.165) is 41.2 Å². The van der Waals surface area contributed by atoms with Crippen LogP contribution in [0.1, 0.15) is 47.1 Å². The topological polar surface area (TPSA) is 43.6 Å². The Morgan fingerprint density at radius 1 is 1.10 bits per heavy atom. The summed E-state index contributed by atoms with van der Waals surface area (Å²) in [6.07, 6.45) is 3.76. The lowest BCUT2D eigenvalue weighted by atomic mass is 10.2. The lowest BCUT2D eigenvalue weighted by Crippen LogP contribution is -2.05. The van der Waals surface area contributed by atoms with Gasteiger partial charge in [0.25, 0.3) is 0 Å². The number of carbonyl (C=O) groups is 1. The predicted molar refractivity (Wildman–Crippen MR) is 127 cm³/mol. The van der Waals surface area contributed by atoms with Crippen LogP contribution in [0.4, 0.5) is 5.69 Å². The number of aromatic nitrogens is 1. The quantitative estimate of drug-likeness (QED) is 0.163. The molecule has 0 radical (unpaired) electrons. The molecule has 0 atom stereocenters. The van der Waals surface area contributed by atoms with Crippen LogP contribution in [0.15, 0.2) is 59.6 Å². The number of benzene rings is 2. The average molecular weight is 500 g/mol. The van der Waals surface area contributed by atoms with E-state index < -0.39 is 0 Å². The van der Waals surface area contributed by atoms with E-state index in [0.29, 0.717) is 12.2 Å². The molecule has 0 saturated heterocycles. The highest BCUT2D eigenvalue weighted by molar-refractivity contribution is 14.1. The zero-order valence-electron chi connectivity index (χ0n) is 17.0. The summed E-state index contributed by atoms with van der Waals surface area (Å²) in [7, 11) is 0. The number of halogens is 1. The van der Waals surface area contributed by atoms with Crippen molar-refractivity contribution in [2.45, 2.75) is 33.6 Å². The van der Waals surface area contributed by atoms with E-state index in [-0.39, 0.29) is 5.97 Å². The van der Waals surface area contributed by atoms with Crippen molar-refractivity contribution in [3.8, 4) is 5.69 Å². The Bertz CT molecular complexity index is 1000. The molecule has 0 aliphatic rings. The molecule has 0 bridgehead atoms. The van der Waals surface area contributed by atoms with Gasteiger partial charge >= 0.3 is 5.97 Å². The van der Waals surface area contributed by atoms with E-state index in [4.69, 9.17) is 4.74 Å². The minimum Gasteiger partial charge on any atom is -0.462 e. The predicted octanol–water partition coefficient (Wildman–Crippen LogP) is 6.41. The number of carbonyl (C=O) groups excluding carboxylic acids is 1. The summed E-state index contributed by atoms with van der Waals surface area (Å²) in [5.74, 6) is -0.282. The Balaban J connectivity index is 1.74. The first kappa shape index (κ1) is 21.3. The number of rotatable bonds is 7. The smallest absolute Gasteiger partial charge is 0.338 e. The highest BCUT2D eigenvalue weighted by Gasteiger charge is 2.10. The zero-order chi connectivity index (χ0) is 20.8. The van der Waals surface area contributed by atoms with Crippen molar-refractivity contribution < 1.29 is 9.53 Å². The van der Waals surface area contributed by atoms with Crippen molar-refractivity contribution in [2.24, 2.45) is 4.99 Å². The standard InChI is InChI=1S/C24H25IN2O2/c1-4-5-14-29-24(28)19-6-10-22(11-7-19)26-16-20-15-17(2)27(18(20)3)23-12-8-21(25)9-13-23/h6-13,15-16H,4-5,14H2,1-3H3. The van der Waals surface area contributed by atoms with Crippen LogP contribution in [0.25, 0.3) is 5.69 Å². The molecule has 3 aromatic rings. The number of nitrogens with zero attached hydrogens (tertiary/aromatic N) is 2. The lowest BCUT2D eigenvalue weighted by Gasteiger charge is -2.09. The van der Waals surface area contributed by atoms with E-state index in [2.05, 4.69) is 83.3 Å². The molecule has 0 fully saturated rings. The second kappa shape index (κ2) is 9.87. The fraction of sp³-hybridized carbons (Fsp3) is 0.250. The van der Waals surface area contributed by atoms with Crippen LogP contribution in [0.3, 0.4) is 0 Å². The summed E-state index contributed by atoms with van der Waals surface area (Å²) in [4.78, 5) is 16.6. The van der Waals surface area contributed by atoms with Crippen LogP contribution in [0, 0.1) is 17.4 Å². The third-order valence-electron chi connectivity index (χ3n) is 4.74. The molecular weight excluding hydrogens is 475 g/mol. The minimum absolute atomic E-state index is 0.282. The molecular formula is C24H25IN2O2. The van der Waals surface area contributed by atoms with Crippen LogP contribution >= 0.6 is 22.6 Å². The largest absolute Gasteiger partial charge is 0.462 e. The van der Waals surface area contributed by atoms with Crippen LogP contribution in [-0.4, -0.2) is 23.4 Å². The Kier molecular flexibility index (Phi) is 7.25. The lowest BCUT2D eigenvalue weighted by molar-refractivity contribution is 0.0500. The molecule has 3 rings (SSSR count). The van der Waals surface area contributed by atoms with E-state index in [9.17, 15) is 4.79 Å². The summed E-state index contributed by atoms with van der Waals surface area (Å²) in [6.45, 7) is 6.73. The van der Waals surface area contributed by atoms with E-state index >= 15 is 0 Å². The van der Waals surface area contributed by atoms with Crippen molar-refractivity contribution in [1.82, 2.24) is 4.57 Å². The number of hydrogen-bond donors (Lipinski definition) is 0. The van der Waals surface area contributed by atoms with Crippen molar-refractivity contribution in [1.29, 1.82) is 0 Å². The van der Waals surface area contributed by atoms with E-state index in [1.54, 1.807) is 12.1 Å². The Morgan fingerprint density at radius 2 is 1.79 bits per heavy atom. The van der Waals surface area contributed by atoms with Crippen molar-refractivity contribution in [3.05, 3.63) is 80.7 Å². The Morgan fingerprint density at radius 3 is 2.45 bits per heavy atom. The second-order valence-corrected chi connectivity index (χ2v) is 8.18. The molecule has 0 aliphatic heterocycles. The highest BCUT2D eigenvalue weighted by atomic mass is 127. The van der Waals surface area contributed by atoms with Gasteiger partial charge in [0.1, 0.15) is 0 Å². The van der Waals surface area contributed by atoms with Gasteiger partial charge in [-0.05, 0) is 97.5 Å². The number of hydrogen-bond acceptors (Lipinski definition) is 3. The molecule has 0 spiro atoms. The van der Waals surface area contributed by atoms with Crippen LogP contribution in [0.2, 0.25) is 0 Å². The van der Waals surface area contributed by atoms with Gasteiger partial charge in [-0.3, -0.25) is 4.99 Å². The van der Waals surface area contributed by atoms with Crippen LogP contribution < -0.4 is 0 Å². The normalized spacial score (nSPS) is 11.2. The summed E-state index contributed by atoms with van der Waals surface area (Å²) in [5, 5.41) is 0. The van der Waals surface area contributed by atoms with Crippen molar-refractivity contribution in [3.63, 3.8) is 0 Å². The number of unbranched alkanes of at least 4 members (excludes halogenated alkanes) is 1. The maximum Gasteiger partial charge on any atom is 0.338 e. The number of esters is 1. The molecule has 0 amide bonds. The third kappa shape index (κ3) is 5.35. The summed E-state index contributed by atoms with van der Waals surface area (Å²) >= 11 is 2.31. The molecule has 2 aromatic carbocycles. The molecule has 29 heavy (non-hydrogen) atoms. The van der Waals surface area contributed by atoms with Gasteiger partial charge in [0.05, 0.1) is 17.9 Å². The first-order valence-corrected chi connectivity index (χ1v) is 10.8. The third-order valence-corrected chi connectivity index (χ3v) is 5.46. The van der Waals surface area contributed by atoms with Gasteiger partial charge in [-0.2, -0.15) is 0 Å². The van der Waals surface area contributed by atoms with E-state index in [1.807, 2.05) is 18.3 Å². The summed E-state index contributed by atoms with van der Waals surface area (Å²) in [5.41, 5.74) is 5.88. The molecule has 1 heterocycles. The van der Waals surface area contributed by atoms with Crippen LogP contribution in [-0.2, 0) is 4.74 Å². The molecule has 0 aliphatic carbocycles. The monoisotopic (exact) mass is 500 g/mol. The van der Waals surface area contributed by atoms with E-state index in [1.165, 1.54) is 3.57 Å². The maximum atomic E-state index is 12.0. The Labute approximate surface area is 185 Å². The van der Waals surface area contributed by atoms with Gasteiger partial charge in [0.2, 0.25) is 0 Å². The Hall–Kier alpha value is -2.41. The molecule has 5 heteroatoms. The van der Waals surface area contributed by atoms with Gasteiger partial charge in [-0.15, -0.1) is 0 Å². The van der Waals surface area contributed by atoms with Gasteiger partial charge < -0.3 is 9.30 Å². The van der Waals surface area contributed by atoms with Gasteiger partial charge in [-0.1, -0.05) is 13.3 Å². The molecule has 0 N–H and O–H groups in total. The average Bonchev–Trinajstić information content (AvgIpc) is 3.01. The number of aliphatic imine (C=N–C) groups is 1. The van der Waals surface area contributed by atoms with Gasteiger partial charge in [0, 0.05) is 32.4 Å². The SMILES string of the molecule is CCCCOC(=O)c1ccc(N=Cc2cc(C)n(-c3ccc(I)cc3)c2C)cc1. The fourth-order valence-corrected chi connectivity index (χ4v) is 3.49. The van der Waals surface area contributed by atoms with Gasteiger partial charge in [-0.25, -0.2) is 4.79 Å². The van der Waals surface area contributed by atoms with Gasteiger partial charge in [0.15, 0.2) is 0 Å². The maximum absolute atomic E-state index is 12.0. The zero-order valence-corrected chi connectivity index (χ0v) is 19.1.